The zero-order valence-electron chi connectivity index (χ0n) is 11.5. The zero-order valence-corrected chi connectivity index (χ0v) is 11.5. The summed E-state index contributed by atoms with van der Waals surface area (Å²) < 4.78 is 5.66. The Morgan fingerprint density at radius 3 is 2.76 bits per heavy atom. The molecule has 2 rings (SSSR count). The molecule has 0 aromatic rings. The van der Waals surface area contributed by atoms with Crippen molar-refractivity contribution >= 4 is 0 Å². The Morgan fingerprint density at radius 2 is 2.06 bits per heavy atom. The smallest absolute Gasteiger partial charge is 0.0593 e. The molecule has 0 bridgehead atoms. The van der Waals surface area contributed by atoms with E-state index < -0.39 is 0 Å². The molecule has 1 heterocycles. The number of ether oxygens (including phenoxy) is 1. The van der Waals surface area contributed by atoms with Crippen molar-refractivity contribution in [2.45, 2.75) is 57.5 Å². The largest absolute Gasteiger partial charge is 0.380 e. The summed E-state index contributed by atoms with van der Waals surface area (Å²) in [5, 5.41) is 3.66. The second-order valence-electron chi connectivity index (χ2n) is 5.77. The van der Waals surface area contributed by atoms with E-state index in [9.17, 15) is 0 Å². The van der Waals surface area contributed by atoms with Gasteiger partial charge in [0.05, 0.1) is 6.61 Å². The number of hydrogen-bond donors (Lipinski definition) is 1. The van der Waals surface area contributed by atoms with E-state index in [4.69, 9.17) is 4.74 Å². The van der Waals surface area contributed by atoms with Crippen molar-refractivity contribution in [2.24, 2.45) is 0 Å². The molecule has 1 N–H and O–H groups in total. The van der Waals surface area contributed by atoms with Gasteiger partial charge in [-0.2, -0.15) is 0 Å². The summed E-state index contributed by atoms with van der Waals surface area (Å²) in [6.45, 7) is 9.77. The Morgan fingerprint density at radius 1 is 1.29 bits per heavy atom. The maximum absolute atomic E-state index is 5.66. The first-order valence-electron chi connectivity index (χ1n) is 7.33. The van der Waals surface area contributed by atoms with Gasteiger partial charge in [0.1, 0.15) is 0 Å². The molecule has 1 aliphatic heterocycles. The number of rotatable bonds is 5. The minimum atomic E-state index is 0.460. The second kappa shape index (κ2) is 6.17. The third kappa shape index (κ3) is 3.21. The molecule has 3 nitrogen and oxygen atoms in total. The molecule has 3 heteroatoms. The molecule has 100 valence electrons. The fraction of sp³-hybridized carbons (Fsp3) is 1.00. The topological polar surface area (TPSA) is 24.5 Å². The third-order valence-electron chi connectivity index (χ3n) is 4.33. The van der Waals surface area contributed by atoms with Crippen LogP contribution in [-0.2, 0) is 4.74 Å². The molecule has 2 fully saturated rings. The van der Waals surface area contributed by atoms with Crippen LogP contribution in [-0.4, -0.2) is 49.3 Å². The molecule has 17 heavy (non-hydrogen) atoms. The molecule has 1 spiro atoms. The Balaban J connectivity index is 1.85. The lowest BCUT2D eigenvalue weighted by atomic mass is 9.91. The van der Waals surface area contributed by atoms with E-state index in [1.165, 1.54) is 38.8 Å². The summed E-state index contributed by atoms with van der Waals surface area (Å²) in [5.74, 6) is 0. The summed E-state index contributed by atoms with van der Waals surface area (Å²) in [6.07, 6.45) is 6.69. The Kier molecular flexibility index (Phi) is 4.83. The lowest BCUT2D eigenvalue weighted by Gasteiger charge is -2.47. The fourth-order valence-electron chi connectivity index (χ4n) is 3.34. The van der Waals surface area contributed by atoms with Crippen LogP contribution in [0.4, 0.5) is 0 Å². The van der Waals surface area contributed by atoms with Crippen molar-refractivity contribution in [1.29, 1.82) is 0 Å². The number of nitrogens with one attached hydrogen (secondary N) is 1. The standard InChI is InChI=1S/C14H28N2O/c1-3-9-17-10-8-16-11-13(2)15-12-14(16)6-4-5-7-14/h13,15H,3-12H2,1-2H3. The summed E-state index contributed by atoms with van der Waals surface area (Å²) >= 11 is 0. The lowest BCUT2D eigenvalue weighted by molar-refractivity contribution is 0.0154. The van der Waals surface area contributed by atoms with E-state index in [0.29, 0.717) is 11.6 Å². The molecular weight excluding hydrogens is 212 g/mol. The van der Waals surface area contributed by atoms with Crippen molar-refractivity contribution in [3.05, 3.63) is 0 Å². The maximum atomic E-state index is 5.66. The van der Waals surface area contributed by atoms with Crippen LogP contribution in [0.5, 0.6) is 0 Å². The van der Waals surface area contributed by atoms with Crippen LogP contribution >= 0.6 is 0 Å². The van der Waals surface area contributed by atoms with E-state index in [1.54, 1.807) is 0 Å². The highest BCUT2D eigenvalue weighted by atomic mass is 16.5. The fourth-order valence-corrected chi connectivity index (χ4v) is 3.34. The molecule has 0 radical (unpaired) electrons. The Hall–Kier alpha value is -0.120. The van der Waals surface area contributed by atoms with Crippen LogP contribution in [0.1, 0.15) is 46.0 Å². The minimum absolute atomic E-state index is 0.460. The van der Waals surface area contributed by atoms with Crippen LogP contribution in [0.3, 0.4) is 0 Å². The number of hydrogen-bond acceptors (Lipinski definition) is 3. The van der Waals surface area contributed by atoms with Crippen molar-refractivity contribution in [3.8, 4) is 0 Å². The number of nitrogens with zero attached hydrogens (tertiary/aromatic N) is 1. The zero-order chi connectivity index (χ0) is 12.1. The normalized spacial score (nSPS) is 28.9. The van der Waals surface area contributed by atoms with Crippen molar-refractivity contribution in [2.75, 3.05) is 32.8 Å². The molecule has 1 unspecified atom stereocenters. The van der Waals surface area contributed by atoms with Crippen molar-refractivity contribution < 1.29 is 4.74 Å². The van der Waals surface area contributed by atoms with Gasteiger partial charge in [-0.1, -0.05) is 19.8 Å². The minimum Gasteiger partial charge on any atom is -0.380 e. The van der Waals surface area contributed by atoms with Crippen LogP contribution in [0.25, 0.3) is 0 Å². The Bertz CT molecular complexity index is 226. The highest BCUT2D eigenvalue weighted by Crippen LogP contribution is 2.36. The molecule has 2 aliphatic rings. The van der Waals surface area contributed by atoms with E-state index >= 15 is 0 Å². The average molecular weight is 240 g/mol. The highest BCUT2D eigenvalue weighted by Gasteiger charge is 2.42. The molecule has 0 aromatic heterocycles. The molecule has 1 atom stereocenters. The molecular formula is C14H28N2O. The van der Waals surface area contributed by atoms with Gasteiger partial charge < -0.3 is 10.1 Å². The first-order valence-corrected chi connectivity index (χ1v) is 7.33. The van der Waals surface area contributed by atoms with Crippen LogP contribution < -0.4 is 5.32 Å². The van der Waals surface area contributed by atoms with E-state index in [1.807, 2.05) is 0 Å². The van der Waals surface area contributed by atoms with Crippen molar-refractivity contribution in [3.63, 3.8) is 0 Å². The van der Waals surface area contributed by atoms with E-state index in [2.05, 4.69) is 24.1 Å². The SMILES string of the molecule is CCCOCCN1CC(C)NCC12CCCC2. The summed E-state index contributed by atoms with van der Waals surface area (Å²) in [5.41, 5.74) is 0.460. The molecule has 0 aromatic carbocycles. The van der Waals surface area contributed by atoms with Crippen LogP contribution in [0.2, 0.25) is 0 Å². The highest BCUT2D eigenvalue weighted by molar-refractivity contribution is 5.01. The van der Waals surface area contributed by atoms with Gasteiger partial charge in [-0.25, -0.2) is 0 Å². The van der Waals surface area contributed by atoms with Crippen LogP contribution in [0.15, 0.2) is 0 Å². The summed E-state index contributed by atoms with van der Waals surface area (Å²) in [7, 11) is 0. The van der Waals surface area contributed by atoms with Gasteiger partial charge in [-0.15, -0.1) is 0 Å². The number of piperazine rings is 1. The van der Waals surface area contributed by atoms with Gasteiger partial charge in [0, 0.05) is 37.8 Å². The Labute approximate surface area is 106 Å². The van der Waals surface area contributed by atoms with Gasteiger partial charge in [-0.05, 0) is 26.2 Å². The average Bonchev–Trinajstić information content (AvgIpc) is 2.79. The second-order valence-corrected chi connectivity index (χ2v) is 5.77. The first kappa shape index (κ1) is 13.3. The van der Waals surface area contributed by atoms with Crippen molar-refractivity contribution in [1.82, 2.24) is 10.2 Å². The first-order chi connectivity index (χ1) is 8.27. The molecule has 1 aliphatic carbocycles. The summed E-state index contributed by atoms with van der Waals surface area (Å²) in [6, 6.07) is 0.632. The molecule has 1 saturated heterocycles. The summed E-state index contributed by atoms with van der Waals surface area (Å²) in [4.78, 5) is 2.71. The molecule has 0 amide bonds. The van der Waals surface area contributed by atoms with Gasteiger partial charge in [0.25, 0.3) is 0 Å². The van der Waals surface area contributed by atoms with Gasteiger partial charge >= 0.3 is 0 Å². The predicted octanol–water partition coefficient (Wildman–Crippen LogP) is 2.02. The lowest BCUT2D eigenvalue weighted by Crippen LogP contribution is -2.63. The van der Waals surface area contributed by atoms with Gasteiger partial charge in [0.15, 0.2) is 0 Å². The van der Waals surface area contributed by atoms with Crippen LogP contribution in [0, 0.1) is 0 Å². The van der Waals surface area contributed by atoms with E-state index in [0.717, 1.165) is 26.2 Å². The molecule has 1 saturated carbocycles. The predicted molar refractivity (Wildman–Crippen MR) is 71.3 cm³/mol. The maximum Gasteiger partial charge on any atom is 0.0593 e. The van der Waals surface area contributed by atoms with E-state index in [-0.39, 0.29) is 0 Å². The monoisotopic (exact) mass is 240 g/mol. The van der Waals surface area contributed by atoms with Gasteiger partial charge in [-0.3, -0.25) is 4.90 Å². The third-order valence-corrected chi connectivity index (χ3v) is 4.33. The quantitative estimate of drug-likeness (QED) is 0.744. The van der Waals surface area contributed by atoms with Gasteiger partial charge in [0.2, 0.25) is 0 Å².